The van der Waals surface area contributed by atoms with Crippen LogP contribution in [-0.2, 0) is 10.3 Å². The first-order valence-electron chi connectivity index (χ1n) is 10.9. The zero-order valence-electron chi connectivity index (χ0n) is 17.8. The summed E-state index contributed by atoms with van der Waals surface area (Å²) in [6.45, 7) is 0. The number of cyclic esters (lactones) is 1. The molecule has 4 aromatic carbocycles. The molecule has 0 N–H and O–H groups in total. The quantitative estimate of drug-likeness (QED) is 0.287. The lowest BCUT2D eigenvalue weighted by Gasteiger charge is -2.30. The first-order chi connectivity index (χ1) is 16.3. The molecule has 0 saturated heterocycles. The van der Waals surface area contributed by atoms with Crippen LogP contribution >= 0.6 is 0 Å². The molecule has 0 bridgehead atoms. The van der Waals surface area contributed by atoms with Gasteiger partial charge in [0.25, 0.3) is 0 Å². The first-order valence-corrected chi connectivity index (χ1v) is 10.9. The molecule has 1 aliphatic rings. The Morgan fingerprint density at radius 3 is 1.42 bits per heavy atom. The number of carbonyl (C=O) groups is 1. The summed E-state index contributed by atoms with van der Waals surface area (Å²) in [5.74, 6) is 0.786. The van der Waals surface area contributed by atoms with Crippen molar-refractivity contribution in [3.63, 3.8) is 0 Å². The minimum Gasteiger partial charge on any atom is -0.455 e. The minimum absolute atomic E-state index is 0.387. The number of fused-ring (bicyclic) bond motifs is 1. The van der Waals surface area contributed by atoms with Crippen molar-refractivity contribution in [1.29, 1.82) is 0 Å². The van der Waals surface area contributed by atoms with Gasteiger partial charge in [-0.05, 0) is 0 Å². The number of hydrogen-bond acceptors (Lipinski definition) is 3. The van der Waals surface area contributed by atoms with Gasteiger partial charge < -0.3 is 9.15 Å². The molecule has 0 amide bonds. The Hall–Kier alpha value is -4.37. The van der Waals surface area contributed by atoms with Crippen molar-refractivity contribution in [2.24, 2.45) is 0 Å². The van der Waals surface area contributed by atoms with Crippen LogP contribution in [0.15, 0.2) is 126 Å². The number of rotatable bonds is 4. The molecule has 0 fully saturated rings. The maximum Gasteiger partial charge on any atom is 0.344 e. The number of benzene rings is 4. The molecular weight excluding hydrogens is 408 g/mol. The summed E-state index contributed by atoms with van der Waals surface area (Å²) in [4.78, 5) is 13.6. The van der Waals surface area contributed by atoms with Crippen LogP contribution < -0.4 is 0 Å². The maximum atomic E-state index is 13.6. The summed E-state index contributed by atoms with van der Waals surface area (Å²) in [5, 5.41) is 0. The fraction of sp³-hybridized carbons (Fsp3) is 0.0333. The average Bonchev–Trinajstić information content (AvgIpc) is 3.44. The van der Waals surface area contributed by atoms with E-state index >= 15 is 0 Å². The van der Waals surface area contributed by atoms with E-state index in [0.717, 1.165) is 27.8 Å². The Labute approximate surface area is 191 Å². The van der Waals surface area contributed by atoms with E-state index in [4.69, 9.17) is 9.15 Å². The molecule has 5 aromatic rings. The second kappa shape index (κ2) is 7.64. The highest BCUT2D eigenvalue weighted by atomic mass is 16.6. The van der Waals surface area contributed by atoms with Gasteiger partial charge in [0, 0.05) is 22.3 Å². The number of furan rings is 1. The van der Waals surface area contributed by atoms with Gasteiger partial charge in [-0.25, -0.2) is 4.79 Å². The van der Waals surface area contributed by atoms with E-state index in [0.29, 0.717) is 17.1 Å². The number of carbonyl (C=O) groups excluding carboxylic acids is 1. The fourth-order valence-electron chi connectivity index (χ4n) is 4.71. The highest BCUT2D eigenvalue weighted by Crippen LogP contribution is 2.54. The minimum atomic E-state index is -1.11. The van der Waals surface area contributed by atoms with E-state index in [-0.39, 0.29) is 5.97 Å². The molecule has 0 radical (unpaired) electrons. The standard InChI is InChI=1S/C30H20O3/c31-29-25-26(30(33-29,23-17-9-3-10-18-23)24-19-11-4-12-20-24)28(22-15-7-2-8-16-22)32-27(25)21-13-5-1-6-14-21/h1-20H. The van der Waals surface area contributed by atoms with Crippen molar-refractivity contribution in [3.05, 3.63) is 144 Å². The maximum absolute atomic E-state index is 13.6. The number of esters is 1. The molecule has 158 valence electrons. The predicted octanol–water partition coefficient (Wildman–Crippen LogP) is 7.08. The topological polar surface area (TPSA) is 39.4 Å². The molecule has 0 spiro atoms. The van der Waals surface area contributed by atoms with E-state index in [1.54, 1.807) is 0 Å². The predicted molar refractivity (Wildman–Crippen MR) is 128 cm³/mol. The third-order valence-electron chi connectivity index (χ3n) is 6.14. The lowest BCUT2D eigenvalue weighted by atomic mass is 9.79. The summed E-state index contributed by atoms with van der Waals surface area (Å²) >= 11 is 0. The molecule has 0 aliphatic carbocycles. The Kier molecular flexibility index (Phi) is 4.48. The Balaban J connectivity index is 1.75. The summed E-state index contributed by atoms with van der Waals surface area (Å²) < 4.78 is 12.9. The largest absolute Gasteiger partial charge is 0.455 e. The molecule has 6 rings (SSSR count). The monoisotopic (exact) mass is 428 g/mol. The highest BCUT2D eigenvalue weighted by molar-refractivity contribution is 6.04. The van der Waals surface area contributed by atoms with Crippen LogP contribution in [0.25, 0.3) is 22.6 Å². The van der Waals surface area contributed by atoms with Crippen LogP contribution in [0.3, 0.4) is 0 Å². The molecule has 0 atom stereocenters. The molecule has 3 heteroatoms. The lowest BCUT2D eigenvalue weighted by molar-refractivity contribution is 0.0246. The summed E-state index contributed by atoms with van der Waals surface area (Å²) in [6, 6.07) is 39.4. The summed E-state index contributed by atoms with van der Waals surface area (Å²) in [6.07, 6.45) is 0. The van der Waals surface area contributed by atoms with Crippen molar-refractivity contribution < 1.29 is 13.9 Å². The smallest absolute Gasteiger partial charge is 0.344 e. The van der Waals surface area contributed by atoms with Crippen molar-refractivity contribution in [2.75, 3.05) is 0 Å². The highest BCUT2D eigenvalue weighted by Gasteiger charge is 2.53. The molecule has 33 heavy (non-hydrogen) atoms. The van der Waals surface area contributed by atoms with Gasteiger partial charge in [-0.3, -0.25) is 0 Å². The molecule has 1 aliphatic heterocycles. The molecule has 3 nitrogen and oxygen atoms in total. The number of hydrogen-bond donors (Lipinski definition) is 0. The van der Waals surface area contributed by atoms with Gasteiger partial charge in [-0.1, -0.05) is 121 Å². The Bertz CT molecular complexity index is 1380. The van der Waals surface area contributed by atoms with E-state index < -0.39 is 5.60 Å². The van der Waals surface area contributed by atoms with Gasteiger partial charge in [0.15, 0.2) is 5.60 Å². The SMILES string of the molecule is O=C1OC(c2ccccc2)(c2ccccc2)c2c(-c3ccccc3)oc(-c3ccccc3)c21. The third kappa shape index (κ3) is 2.94. The van der Waals surface area contributed by atoms with E-state index in [1.807, 2.05) is 121 Å². The Morgan fingerprint density at radius 2 is 0.939 bits per heavy atom. The van der Waals surface area contributed by atoms with Gasteiger partial charge in [-0.2, -0.15) is 0 Å². The zero-order valence-corrected chi connectivity index (χ0v) is 17.8. The molecular formula is C30H20O3. The fourth-order valence-corrected chi connectivity index (χ4v) is 4.71. The van der Waals surface area contributed by atoms with Gasteiger partial charge in [-0.15, -0.1) is 0 Å². The second-order valence-electron chi connectivity index (χ2n) is 8.05. The summed E-state index contributed by atoms with van der Waals surface area (Å²) in [7, 11) is 0. The van der Waals surface area contributed by atoms with Crippen LogP contribution in [0.4, 0.5) is 0 Å². The third-order valence-corrected chi connectivity index (χ3v) is 6.14. The molecule has 0 unspecified atom stereocenters. The van der Waals surface area contributed by atoms with Crippen molar-refractivity contribution >= 4 is 5.97 Å². The van der Waals surface area contributed by atoms with Crippen molar-refractivity contribution in [1.82, 2.24) is 0 Å². The van der Waals surface area contributed by atoms with Crippen LogP contribution in [0, 0.1) is 0 Å². The van der Waals surface area contributed by atoms with E-state index in [9.17, 15) is 4.79 Å². The van der Waals surface area contributed by atoms with Gasteiger partial charge in [0.1, 0.15) is 17.1 Å². The van der Waals surface area contributed by atoms with Gasteiger partial charge >= 0.3 is 5.97 Å². The Morgan fingerprint density at radius 1 is 0.515 bits per heavy atom. The van der Waals surface area contributed by atoms with Crippen molar-refractivity contribution in [3.8, 4) is 22.6 Å². The van der Waals surface area contributed by atoms with E-state index in [1.165, 1.54) is 0 Å². The van der Waals surface area contributed by atoms with Gasteiger partial charge in [0.2, 0.25) is 0 Å². The molecule has 1 aromatic heterocycles. The molecule has 0 saturated carbocycles. The normalized spacial score (nSPS) is 14.0. The second-order valence-corrected chi connectivity index (χ2v) is 8.05. The average molecular weight is 428 g/mol. The van der Waals surface area contributed by atoms with Gasteiger partial charge in [0.05, 0.1) is 5.56 Å². The van der Waals surface area contributed by atoms with Crippen LogP contribution in [0.1, 0.15) is 27.0 Å². The van der Waals surface area contributed by atoms with Crippen molar-refractivity contribution in [2.45, 2.75) is 5.60 Å². The number of ether oxygens (including phenoxy) is 1. The van der Waals surface area contributed by atoms with E-state index in [2.05, 4.69) is 0 Å². The van der Waals surface area contributed by atoms with Crippen LogP contribution in [-0.4, -0.2) is 5.97 Å². The lowest BCUT2D eigenvalue weighted by Crippen LogP contribution is -2.29. The first kappa shape index (κ1) is 19.3. The van der Waals surface area contributed by atoms with Crippen LogP contribution in [0.2, 0.25) is 0 Å². The molecule has 2 heterocycles. The summed E-state index contributed by atoms with van der Waals surface area (Å²) in [5.41, 5.74) is 3.59. The van der Waals surface area contributed by atoms with Crippen LogP contribution in [0.5, 0.6) is 0 Å². The zero-order chi connectivity index (χ0) is 22.3.